The fraction of sp³-hybridized carbons (Fsp3) is 0.562. The summed E-state index contributed by atoms with van der Waals surface area (Å²) < 4.78 is 5.28. The number of nitrogens with two attached hydrogens (primary N) is 1. The van der Waals surface area contributed by atoms with Crippen LogP contribution in [0.5, 0.6) is 0 Å². The number of ether oxygens (including phenoxy) is 1. The van der Waals surface area contributed by atoms with Crippen LogP contribution < -0.4 is 11.1 Å². The molecule has 6 heteroatoms. The van der Waals surface area contributed by atoms with E-state index in [2.05, 4.69) is 10.2 Å². The number of amides is 1. The molecule has 3 N–H and O–H groups in total. The summed E-state index contributed by atoms with van der Waals surface area (Å²) in [7, 11) is 0. The van der Waals surface area contributed by atoms with Crippen molar-refractivity contribution in [3.63, 3.8) is 0 Å². The Morgan fingerprint density at radius 3 is 2.91 bits per heavy atom. The molecule has 0 aliphatic carbocycles. The van der Waals surface area contributed by atoms with Gasteiger partial charge in [0.25, 0.3) is 0 Å². The SMILES string of the molecule is CC(C)(C)OC(=O)NC1CCN(Cc2cc(N)ccc2Cl)C1. The van der Waals surface area contributed by atoms with E-state index in [1.54, 1.807) is 6.07 Å². The second kappa shape index (κ2) is 6.75. The van der Waals surface area contributed by atoms with Gasteiger partial charge < -0.3 is 15.8 Å². The van der Waals surface area contributed by atoms with Crippen LogP contribution in [0.3, 0.4) is 0 Å². The Hall–Kier alpha value is -1.46. The molecule has 1 aromatic carbocycles. The molecule has 5 nitrogen and oxygen atoms in total. The van der Waals surface area contributed by atoms with Gasteiger partial charge in [0.1, 0.15) is 5.60 Å². The van der Waals surface area contributed by atoms with Crippen molar-refractivity contribution in [1.29, 1.82) is 0 Å². The first-order valence-corrected chi connectivity index (χ1v) is 7.86. The molecule has 1 aromatic rings. The van der Waals surface area contributed by atoms with Crippen molar-refractivity contribution in [2.45, 2.75) is 45.4 Å². The van der Waals surface area contributed by atoms with Gasteiger partial charge in [-0.05, 0) is 51.0 Å². The zero-order chi connectivity index (χ0) is 16.3. The van der Waals surface area contributed by atoms with Crippen LogP contribution in [0.1, 0.15) is 32.8 Å². The zero-order valence-corrected chi connectivity index (χ0v) is 14.1. The van der Waals surface area contributed by atoms with Gasteiger partial charge in [-0.25, -0.2) is 4.79 Å². The minimum Gasteiger partial charge on any atom is -0.444 e. The highest BCUT2D eigenvalue weighted by Gasteiger charge is 2.26. The molecule has 1 saturated heterocycles. The van der Waals surface area contributed by atoms with E-state index in [0.717, 1.165) is 36.6 Å². The minimum absolute atomic E-state index is 0.106. The Labute approximate surface area is 136 Å². The summed E-state index contributed by atoms with van der Waals surface area (Å²) in [4.78, 5) is 14.0. The average molecular weight is 326 g/mol. The first-order valence-electron chi connectivity index (χ1n) is 7.49. The number of nitrogen functional groups attached to an aromatic ring is 1. The number of halogens is 1. The third kappa shape index (κ3) is 5.07. The molecule has 2 rings (SSSR count). The van der Waals surface area contributed by atoms with Gasteiger partial charge >= 0.3 is 6.09 Å². The van der Waals surface area contributed by atoms with Crippen LogP contribution >= 0.6 is 11.6 Å². The van der Waals surface area contributed by atoms with E-state index in [0.29, 0.717) is 5.69 Å². The molecule has 1 aliphatic rings. The molecule has 1 heterocycles. The molecule has 1 unspecified atom stereocenters. The van der Waals surface area contributed by atoms with E-state index >= 15 is 0 Å². The molecule has 1 atom stereocenters. The number of anilines is 1. The van der Waals surface area contributed by atoms with Crippen molar-refractivity contribution in [3.8, 4) is 0 Å². The summed E-state index contributed by atoms with van der Waals surface area (Å²) in [6.45, 7) is 7.99. The molecule has 0 radical (unpaired) electrons. The predicted octanol–water partition coefficient (Wildman–Crippen LogP) is 3.02. The largest absolute Gasteiger partial charge is 0.444 e. The number of rotatable bonds is 3. The van der Waals surface area contributed by atoms with Crippen LogP contribution in [0.4, 0.5) is 10.5 Å². The number of carbonyl (C=O) groups is 1. The molecule has 1 aliphatic heterocycles. The van der Waals surface area contributed by atoms with Gasteiger partial charge in [0.05, 0.1) is 0 Å². The number of likely N-dealkylation sites (tertiary alicyclic amines) is 1. The van der Waals surface area contributed by atoms with E-state index in [-0.39, 0.29) is 12.1 Å². The molecule has 0 saturated carbocycles. The highest BCUT2D eigenvalue weighted by Crippen LogP contribution is 2.22. The molecule has 122 valence electrons. The summed E-state index contributed by atoms with van der Waals surface area (Å²) in [6.07, 6.45) is 0.542. The molecule has 1 fully saturated rings. The van der Waals surface area contributed by atoms with Gasteiger partial charge in [-0.3, -0.25) is 4.90 Å². The quantitative estimate of drug-likeness (QED) is 0.838. The predicted molar refractivity (Wildman–Crippen MR) is 88.9 cm³/mol. The number of benzene rings is 1. The van der Waals surface area contributed by atoms with Gasteiger partial charge in [0, 0.05) is 36.4 Å². The van der Waals surface area contributed by atoms with Crippen LogP contribution in [0, 0.1) is 0 Å². The van der Waals surface area contributed by atoms with E-state index < -0.39 is 5.60 Å². The fourth-order valence-electron chi connectivity index (χ4n) is 2.53. The molecular formula is C16H24ClN3O2. The lowest BCUT2D eigenvalue weighted by Gasteiger charge is -2.22. The average Bonchev–Trinajstić information content (AvgIpc) is 2.78. The van der Waals surface area contributed by atoms with E-state index in [1.807, 2.05) is 32.9 Å². The smallest absolute Gasteiger partial charge is 0.407 e. The Kier molecular flexibility index (Phi) is 5.19. The van der Waals surface area contributed by atoms with Gasteiger partial charge in [-0.1, -0.05) is 11.6 Å². The maximum absolute atomic E-state index is 11.8. The first kappa shape index (κ1) is 16.9. The number of nitrogens with zero attached hydrogens (tertiary/aromatic N) is 1. The maximum atomic E-state index is 11.8. The summed E-state index contributed by atoms with van der Waals surface area (Å²) in [5, 5.41) is 3.64. The number of carbonyl (C=O) groups excluding carboxylic acids is 1. The minimum atomic E-state index is -0.475. The molecule has 1 amide bonds. The molecule has 0 bridgehead atoms. The van der Waals surface area contributed by atoms with Gasteiger partial charge in [-0.2, -0.15) is 0 Å². The van der Waals surface area contributed by atoms with Crippen molar-refractivity contribution >= 4 is 23.4 Å². The Morgan fingerprint density at radius 2 is 2.23 bits per heavy atom. The van der Waals surface area contributed by atoms with Gasteiger partial charge in [-0.15, -0.1) is 0 Å². The van der Waals surface area contributed by atoms with E-state index in [1.165, 1.54) is 0 Å². The fourth-order valence-corrected chi connectivity index (χ4v) is 2.70. The number of nitrogens with one attached hydrogen (secondary N) is 1. The molecule has 0 spiro atoms. The third-order valence-corrected chi connectivity index (χ3v) is 3.83. The molecule has 0 aromatic heterocycles. The van der Waals surface area contributed by atoms with E-state index in [9.17, 15) is 4.79 Å². The molecular weight excluding hydrogens is 302 g/mol. The second-order valence-corrected chi connectivity index (χ2v) is 7.12. The lowest BCUT2D eigenvalue weighted by atomic mass is 10.2. The van der Waals surface area contributed by atoms with Crippen LogP contribution in [0.15, 0.2) is 18.2 Å². The standard InChI is InChI=1S/C16H24ClN3O2/c1-16(2,3)22-15(21)19-13-6-7-20(10-13)9-11-8-12(18)4-5-14(11)17/h4-5,8,13H,6-7,9-10,18H2,1-3H3,(H,19,21). The van der Waals surface area contributed by atoms with Gasteiger partial charge in [0.2, 0.25) is 0 Å². The van der Waals surface area contributed by atoms with Crippen molar-refractivity contribution in [1.82, 2.24) is 10.2 Å². The van der Waals surface area contributed by atoms with Crippen molar-refractivity contribution in [3.05, 3.63) is 28.8 Å². The maximum Gasteiger partial charge on any atom is 0.407 e. The summed E-state index contributed by atoms with van der Waals surface area (Å²) in [6, 6.07) is 5.62. The highest BCUT2D eigenvalue weighted by atomic mass is 35.5. The van der Waals surface area contributed by atoms with Crippen LogP contribution in [-0.2, 0) is 11.3 Å². The first-order chi connectivity index (χ1) is 10.2. The zero-order valence-electron chi connectivity index (χ0n) is 13.4. The number of hydrogen-bond acceptors (Lipinski definition) is 4. The van der Waals surface area contributed by atoms with Gasteiger partial charge in [0.15, 0.2) is 0 Å². The van der Waals surface area contributed by atoms with Crippen molar-refractivity contribution < 1.29 is 9.53 Å². The summed E-state index contributed by atoms with van der Waals surface area (Å²) in [5.74, 6) is 0. The van der Waals surface area contributed by atoms with Crippen LogP contribution in [0.25, 0.3) is 0 Å². The number of alkyl carbamates (subject to hydrolysis) is 1. The Balaban J connectivity index is 1.85. The normalized spacial score (nSPS) is 19.2. The van der Waals surface area contributed by atoms with Crippen LogP contribution in [0.2, 0.25) is 5.02 Å². The lowest BCUT2D eigenvalue weighted by Crippen LogP contribution is -2.40. The summed E-state index contributed by atoms with van der Waals surface area (Å²) in [5.41, 5.74) is 7.05. The Morgan fingerprint density at radius 1 is 1.50 bits per heavy atom. The highest BCUT2D eigenvalue weighted by molar-refractivity contribution is 6.31. The monoisotopic (exact) mass is 325 g/mol. The second-order valence-electron chi connectivity index (χ2n) is 6.72. The molecule has 22 heavy (non-hydrogen) atoms. The number of hydrogen-bond donors (Lipinski definition) is 2. The van der Waals surface area contributed by atoms with Crippen molar-refractivity contribution in [2.24, 2.45) is 0 Å². The summed E-state index contributed by atoms with van der Waals surface area (Å²) >= 11 is 6.20. The van der Waals surface area contributed by atoms with Crippen molar-refractivity contribution in [2.75, 3.05) is 18.8 Å². The van der Waals surface area contributed by atoms with Crippen LogP contribution in [-0.4, -0.2) is 35.7 Å². The third-order valence-electron chi connectivity index (χ3n) is 3.46. The Bertz CT molecular complexity index is 543. The van der Waals surface area contributed by atoms with E-state index in [4.69, 9.17) is 22.1 Å². The lowest BCUT2D eigenvalue weighted by molar-refractivity contribution is 0.0506. The topological polar surface area (TPSA) is 67.6 Å².